The maximum Gasteiger partial charge on any atom is 0.410 e. The molecule has 1 heterocycles. The molecule has 0 aliphatic carbocycles. The van der Waals surface area contributed by atoms with E-state index in [1.807, 2.05) is 48.7 Å². The van der Waals surface area contributed by atoms with Crippen molar-refractivity contribution in [3.05, 3.63) is 0 Å². The normalized spacial score (nSPS) is 18.0. The average Bonchev–Trinajstić information content (AvgIpc) is 2.87. The zero-order valence-electron chi connectivity index (χ0n) is 26.6. The van der Waals surface area contributed by atoms with Gasteiger partial charge in [-0.1, -0.05) is 41.0 Å². The standard InChI is InChI=1S/C29H57N5O5/c1-12-22(5)26(23(13-2)38-11)32(10)24(35)20-30-27(36)25(21(3)4)31(9)14-15-33-16-18-34(19-17-33)28(37)39-29(6,7)8/h21-23,25-26H,12-20H2,1-11H3,(H,30,36). The molecule has 1 aliphatic heterocycles. The number of nitrogens with zero attached hydrogens (tertiary/aromatic N) is 4. The van der Waals surface area contributed by atoms with E-state index in [4.69, 9.17) is 9.47 Å². The van der Waals surface area contributed by atoms with Gasteiger partial charge in [-0.05, 0) is 46.1 Å². The third kappa shape index (κ3) is 11.2. The van der Waals surface area contributed by atoms with Crippen molar-refractivity contribution in [2.24, 2.45) is 11.8 Å². The third-order valence-electron chi connectivity index (χ3n) is 7.74. The molecule has 1 aliphatic rings. The molecule has 1 rings (SSSR count). The van der Waals surface area contributed by atoms with Crippen molar-refractivity contribution in [2.75, 3.05) is 67.0 Å². The first-order valence-electron chi connectivity index (χ1n) is 14.6. The largest absolute Gasteiger partial charge is 0.444 e. The van der Waals surface area contributed by atoms with Crippen LogP contribution in [-0.2, 0) is 19.1 Å². The second-order valence-electron chi connectivity index (χ2n) is 12.3. The highest BCUT2D eigenvalue weighted by atomic mass is 16.6. The Kier molecular flexibility index (Phi) is 14.7. The lowest BCUT2D eigenvalue weighted by atomic mass is 9.91. The molecule has 39 heavy (non-hydrogen) atoms. The van der Waals surface area contributed by atoms with Crippen molar-refractivity contribution in [1.82, 2.24) is 24.9 Å². The number of likely N-dealkylation sites (N-methyl/N-ethyl adjacent to an activating group) is 2. The van der Waals surface area contributed by atoms with E-state index < -0.39 is 5.60 Å². The van der Waals surface area contributed by atoms with E-state index in [0.717, 1.165) is 32.5 Å². The lowest BCUT2D eigenvalue weighted by Gasteiger charge is -2.38. The first kappa shape index (κ1) is 35.1. The minimum Gasteiger partial charge on any atom is -0.444 e. The van der Waals surface area contributed by atoms with Crippen LogP contribution in [0.25, 0.3) is 0 Å². The van der Waals surface area contributed by atoms with E-state index >= 15 is 0 Å². The zero-order chi connectivity index (χ0) is 29.9. The van der Waals surface area contributed by atoms with Gasteiger partial charge in [0.2, 0.25) is 11.8 Å². The Bertz CT molecular complexity index is 760. The van der Waals surface area contributed by atoms with Crippen LogP contribution in [0.15, 0.2) is 0 Å². The molecule has 4 unspecified atom stereocenters. The van der Waals surface area contributed by atoms with Crippen LogP contribution in [0.2, 0.25) is 0 Å². The summed E-state index contributed by atoms with van der Waals surface area (Å²) < 4.78 is 11.2. The molecule has 0 bridgehead atoms. The number of amides is 3. The van der Waals surface area contributed by atoms with Gasteiger partial charge >= 0.3 is 6.09 Å². The summed E-state index contributed by atoms with van der Waals surface area (Å²) in [5.41, 5.74) is -0.499. The SMILES string of the molecule is CCC(C)C(C(CC)OC)N(C)C(=O)CNC(=O)C(C(C)C)N(C)CCN1CCN(C(=O)OC(C)(C)C)CC1. The molecule has 1 N–H and O–H groups in total. The van der Waals surface area contributed by atoms with Crippen LogP contribution >= 0.6 is 0 Å². The number of methoxy groups -OCH3 is 1. The van der Waals surface area contributed by atoms with Crippen molar-refractivity contribution >= 4 is 17.9 Å². The van der Waals surface area contributed by atoms with E-state index in [2.05, 4.69) is 35.9 Å². The predicted octanol–water partition coefficient (Wildman–Crippen LogP) is 2.91. The van der Waals surface area contributed by atoms with Gasteiger partial charge < -0.3 is 24.6 Å². The van der Waals surface area contributed by atoms with Crippen LogP contribution in [0, 0.1) is 11.8 Å². The molecule has 0 aromatic rings. The molecular formula is C29H57N5O5. The molecule has 1 fully saturated rings. The van der Waals surface area contributed by atoms with Gasteiger partial charge in [-0.2, -0.15) is 0 Å². The molecule has 0 aromatic heterocycles. The number of nitrogens with one attached hydrogen (secondary N) is 1. The fraction of sp³-hybridized carbons (Fsp3) is 0.897. The van der Waals surface area contributed by atoms with Crippen molar-refractivity contribution in [2.45, 2.75) is 92.0 Å². The number of carbonyl (C=O) groups is 3. The molecular weight excluding hydrogens is 498 g/mol. The lowest BCUT2D eigenvalue weighted by Crippen LogP contribution is -2.55. The average molecular weight is 556 g/mol. The number of rotatable bonds is 14. The highest BCUT2D eigenvalue weighted by Gasteiger charge is 2.33. The zero-order valence-corrected chi connectivity index (χ0v) is 26.6. The maximum absolute atomic E-state index is 13.2. The smallest absolute Gasteiger partial charge is 0.410 e. The third-order valence-corrected chi connectivity index (χ3v) is 7.74. The first-order valence-corrected chi connectivity index (χ1v) is 14.6. The molecule has 1 saturated heterocycles. The predicted molar refractivity (Wildman–Crippen MR) is 156 cm³/mol. The molecule has 3 amide bonds. The summed E-state index contributed by atoms with van der Waals surface area (Å²) in [7, 11) is 5.45. The summed E-state index contributed by atoms with van der Waals surface area (Å²) in [5.74, 6) is 0.109. The summed E-state index contributed by atoms with van der Waals surface area (Å²) in [4.78, 5) is 46.5. The summed E-state index contributed by atoms with van der Waals surface area (Å²) in [5, 5.41) is 2.90. The molecule has 0 spiro atoms. The van der Waals surface area contributed by atoms with Gasteiger partial charge in [0, 0.05) is 53.4 Å². The van der Waals surface area contributed by atoms with Crippen LogP contribution in [0.1, 0.15) is 68.2 Å². The minimum atomic E-state index is -0.499. The lowest BCUT2D eigenvalue weighted by molar-refractivity contribution is -0.138. The Hall–Kier alpha value is -1.91. The Balaban J connectivity index is 2.64. The number of hydrogen-bond donors (Lipinski definition) is 1. The second kappa shape index (κ2) is 16.4. The van der Waals surface area contributed by atoms with E-state index in [-0.39, 0.29) is 54.5 Å². The quantitative estimate of drug-likeness (QED) is 0.352. The molecule has 228 valence electrons. The van der Waals surface area contributed by atoms with Crippen LogP contribution in [-0.4, -0.2) is 128 Å². The van der Waals surface area contributed by atoms with Gasteiger partial charge in [0.05, 0.1) is 24.7 Å². The van der Waals surface area contributed by atoms with Crippen molar-refractivity contribution in [3.63, 3.8) is 0 Å². The fourth-order valence-electron chi connectivity index (χ4n) is 5.28. The summed E-state index contributed by atoms with van der Waals surface area (Å²) >= 11 is 0. The summed E-state index contributed by atoms with van der Waals surface area (Å²) in [6, 6.07) is -0.396. The van der Waals surface area contributed by atoms with Crippen LogP contribution in [0.3, 0.4) is 0 Å². The number of piperazine rings is 1. The van der Waals surface area contributed by atoms with E-state index in [0.29, 0.717) is 19.6 Å². The minimum absolute atomic E-state index is 0.0356. The Morgan fingerprint density at radius 1 is 0.974 bits per heavy atom. The summed E-state index contributed by atoms with van der Waals surface area (Å²) in [6.07, 6.45) is 1.43. The first-order chi connectivity index (χ1) is 18.2. The topological polar surface area (TPSA) is 94.7 Å². The molecule has 0 radical (unpaired) electrons. The number of hydrogen-bond acceptors (Lipinski definition) is 7. The van der Waals surface area contributed by atoms with Crippen molar-refractivity contribution in [1.29, 1.82) is 0 Å². The number of carbonyl (C=O) groups excluding carboxylic acids is 3. The number of ether oxygens (including phenoxy) is 2. The van der Waals surface area contributed by atoms with Gasteiger partial charge in [0.25, 0.3) is 0 Å². The van der Waals surface area contributed by atoms with E-state index in [1.165, 1.54) is 0 Å². The molecule has 0 saturated carbocycles. The van der Waals surface area contributed by atoms with Crippen LogP contribution < -0.4 is 5.32 Å². The van der Waals surface area contributed by atoms with Crippen LogP contribution in [0.5, 0.6) is 0 Å². The highest BCUT2D eigenvalue weighted by molar-refractivity contribution is 5.87. The second-order valence-corrected chi connectivity index (χ2v) is 12.3. The molecule has 4 atom stereocenters. The monoisotopic (exact) mass is 555 g/mol. The van der Waals surface area contributed by atoms with Gasteiger partial charge in [-0.15, -0.1) is 0 Å². The molecule has 10 heteroatoms. The molecule has 0 aromatic carbocycles. The maximum atomic E-state index is 13.2. The van der Waals surface area contributed by atoms with Crippen molar-refractivity contribution in [3.8, 4) is 0 Å². The van der Waals surface area contributed by atoms with Gasteiger partial charge in [-0.3, -0.25) is 19.4 Å². The van der Waals surface area contributed by atoms with Gasteiger partial charge in [-0.25, -0.2) is 4.79 Å². The van der Waals surface area contributed by atoms with E-state index in [1.54, 1.807) is 16.9 Å². The Labute approximate surface area is 237 Å². The van der Waals surface area contributed by atoms with Gasteiger partial charge in [0.15, 0.2) is 0 Å². The van der Waals surface area contributed by atoms with Crippen molar-refractivity contribution < 1.29 is 23.9 Å². The van der Waals surface area contributed by atoms with E-state index in [9.17, 15) is 14.4 Å². The Morgan fingerprint density at radius 2 is 1.56 bits per heavy atom. The molecule has 10 nitrogen and oxygen atoms in total. The van der Waals surface area contributed by atoms with Gasteiger partial charge in [0.1, 0.15) is 5.60 Å². The highest BCUT2D eigenvalue weighted by Crippen LogP contribution is 2.21. The summed E-state index contributed by atoms with van der Waals surface area (Å²) in [6.45, 7) is 20.2. The fourth-order valence-corrected chi connectivity index (χ4v) is 5.28. The Morgan fingerprint density at radius 3 is 2.03 bits per heavy atom. The van der Waals surface area contributed by atoms with Crippen LogP contribution in [0.4, 0.5) is 4.79 Å².